The van der Waals surface area contributed by atoms with Gasteiger partial charge < -0.3 is 10.5 Å². The standard InChI is InChI=1S/C22H25ClN6O3S2/c1-33-21(24)25-22(27-34(30,31)28-11-13-32-14-12-28)29-15-19(16-5-3-2-4-6-16)20(26-29)17-7-9-18(23)10-8-17/h2-10,19H,11-15H2,1H3,(H2,24,25,27). The number of hydrazone groups is 1. The largest absolute Gasteiger partial charge is 0.379 e. The van der Waals surface area contributed by atoms with Gasteiger partial charge in [0.1, 0.15) is 0 Å². The van der Waals surface area contributed by atoms with Gasteiger partial charge >= 0.3 is 10.2 Å². The van der Waals surface area contributed by atoms with Crippen molar-refractivity contribution in [1.29, 1.82) is 0 Å². The van der Waals surface area contributed by atoms with Crippen molar-refractivity contribution < 1.29 is 13.2 Å². The Kier molecular flexibility index (Phi) is 7.89. The summed E-state index contributed by atoms with van der Waals surface area (Å²) in [5.74, 6) is -0.215. The smallest absolute Gasteiger partial charge is 0.325 e. The van der Waals surface area contributed by atoms with Crippen molar-refractivity contribution in [2.24, 2.45) is 20.2 Å². The monoisotopic (exact) mass is 520 g/mol. The average molecular weight is 521 g/mol. The third kappa shape index (κ3) is 5.78. The summed E-state index contributed by atoms with van der Waals surface area (Å²) in [7, 11) is -4.00. The van der Waals surface area contributed by atoms with Crippen molar-refractivity contribution in [3.8, 4) is 0 Å². The molecule has 2 heterocycles. The van der Waals surface area contributed by atoms with Crippen molar-refractivity contribution >= 4 is 50.4 Å². The Morgan fingerprint density at radius 1 is 1.15 bits per heavy atom. The van der Waals surface area contributed by atoms with Gasteiger partial charge in [0.2, 0.25) is 0 Å². The number of aliphatic imine (C=N–C) groups is 1. The van der Waals surface area contributed by atoms with Gasteiger partial charge in [-0.15, -0.1) is 4.40 Å². The lowest BCUT2D eigenvalue weighted by molar-refractivity contribution is 0.0730. The number of rotatable bonds is 4. The molecule has 0 saturated carbocycles. The van der Waals surface area contributed by atoms with E-state index in [1.807, 2.05) is 42.5 Å². The van der Waals surface area contributed by atoms with Crippen molar-refractivity contribution in [2.45, 2.75) is 5.92 Å². The SMILES string of the molecule is CSC(N)=NC(=NS(=O)(=O)N1CCOCC1)N1CC(c2ccccc2)C(c2ccc(Cl)cc2)=N1. The van der Waals surface area contributed by atoms with Gasteiger partial charge in [0.15, 0.2) is 5.17 Å². The quantitative estimate of drug-likeness (QED) is 0.490. The van der Waals surface area contributed by atoms with Crippen LogP contribution in [-0.2, 0) is 14.9 Å². The topological polar surface area (TPSA) is 113 Å². The second kappa shape index (κ2) is 10.9. The Morgan fingerprint density at radius 2 is 1.82 bits per heavy atom. The lowest BCUT2D eigenvalue weighted by atomic mass is 9.91. The number of morpholine rings is 1. The van der Waals surface area contributed by atoms with Crippen molar-refractivity contribution in [3.05, 3.63) is 70.7 Å². The van der Waals surface area contributed by atoms with E-state index in [0.717, 1.165) is 16.8 Å². The van der Waals surface area contributed by atoms with Gasteiger partial charge in [-0.1, -0.05) is 65.8 Å². The second-order valence-corrected chi connectivity index (χ2v) is 10.4. The van der Waals surface area contributed by atoms with Crippen molar-refractivity contribution in [3.63, 3.8) is 0 Å². The number of hydrogen-bond donors (Lipinski definition) is 1. The number of halogens is 1. The van der Waals surface area contributed by atoms with Gasteiger partial charge in [-0.3, -0.25) is 0 Å². The Hall–Kier alpha value is -2.44. The van der Waals surface area contributed by atoms with Gasteiger partial charge in [0.05, 0.1) is 25.5 Å². The van der Waals surface area contributed by atoms with Gasteiger partial charge in [-0.25, -0.2) is 5.01 Å². The molecule has 1 saturated heterocycles. The fraction of sp³-hybridized carbons (Fsp3) is 0.318. The maximum Gasteiger partial charge on any atom is 0.325 e. The summed E-state index contributed by atoms with van der Waals surface area (Å²) < 4.78 is 36.7. The number of benzene rings is 2. The second-order valence-electron chi connectivity index (χ2n) is 7.57. The number of amidine groups is 1. The van der Waals surface area contributed by atoms with E-state index in [9.17, 15) is 8.42 Å². The van der Waals surface area contributed by atoms with Crippen LogP contribution in [0.2, 0.25) is 5.02 Å². The van der Waals surface area contributed by atoms with Gasteiger partial charge in [-0.05, 0) is 29.5 Å². The first-order valence-electron chi connectivity index (χ1n) is 10.6. The summed E-state index contributed by atoms with van der Waals surface area (Å²) >= 11 is 7.29. The minimum Gasteiger partial charge on any atom is -0.379 e. The maximum atomic E-state index is 13.0. The molecule has 2 aromatic carbocycles. The molecule has 1 fully saturated rings. The summed E-state index contributed by atoms with van der Waals surface area (Å²) in [6.07, 6.45) is 1.76. The summed E-state index contributed by atoms with van der Waals surface area (Å²) in [5.41, 5.74) is 8.63. The molecule has 1 atom stereocenters. The van der Waals surface area contributed by atoms with Crippen LogP contribution in [0.4, 0.5) is 0 Å². The lowest BCUT2D eigenvalue weighted by Gasteiger charge is -2.24. The van der Waals surface area contributed by atoms with Gasteiger partial charge in [0.25, 0.3) is 5.96 Å². The van der Waals surface area contributed by atoms with E-state index < -0.39 is 10.2 Å². The Labute approximate surface area is 208 Å². The van der Waals surface area contributed by atoms with Crippen LogP contribution < -0.4 is 5.73 Å². The number of guanidine groups is 1. The number of nitrogens with zero attached hydrogens (tertiary/aromatic N) is 5. The van der Waals surface area contributed by atoms with E-state index in [2.05, 4.69) is 9.39 Å². The molecule has 12 heteroatoms. The molecule has 2 N–H and O–H groups in total. The molecule has 2 aliphatic rings. The van der Waals surface area contributed by atoms with E-state index in [-0.39, 0.29) is 30.1 Å². The van der Waals surface area contributed by atoms with Gasteiger partial charge in [-0.2, -0.15) is 22.8 Å². The zero-order valence-corrected chi connectivity index (χ0v) is 20.9. The Morgan fingerprint density at radius 3 is 2.47 bits per heavy atom. The molecular weight excluding hydrogens is 496 g/mol. The van der Waals surface area contributed by atoms with E-state index in [4.69, 9.17) is 27.2 Å². The number of nitrogens with two attached hydrogens (primary N) is 1. The van der Waals surface area contributed by atoms with Crippen LogP contribution in [0.15, 0.2) is 69.1 Å². The molecule has 0 aliphatic carbocycles. The van der Waals surface area contributed by atoms with E-state index in [0.29, 0.717) is 24.8 Å². The van der Waals surface area contributed by atoms with Crippen molar-refractivity contribution in [1.82, 2.24) is 9.31 Å². The predicted octanol–water partition coefficient (Wildman–Crippen LogP) is 2.75. The van der Waals surface area contributed by atoms with Gasteiger partial charge in [0, 0.05) is 24.0 Å². The highest BCUT2D eigenvalue weighted by Crippen LogP contribution is 2.30. The molecule has 0 spiro atoms. The summed E-state index contributed by atoms with van der Waals surface area (Å²) in [6, 6.07) is 17.3. The molecule has 4 rings (SSSR count). The zero-order chi connectivity index (χ0) is 24.1. The minimum absolute atomic E-state index is 0.0803. The highest BCUT2D eigenvalue weighted by atomic mass is 35.5. The molecule has 0 amide bonds. The number of thioether (sulfide) groups is 1. The highest BCUT2D eigenvalue weighted by Gasteiger charge is 2.33. The van der Waals surface area contributed by atoms with Crippen LogP contribution in [-0.4, -0.2) is 73.7 Å². The fourth-order valence-electron chi connectivity index (χ4n) is 3.66. The van der Waals surface area contributed by atoms with Crippen LogP contribution in [0.5, 0.6) is 0 Å². The normalized spacial score (nSPS) is 20.5. The third-order valence-corrected chi connectivity index (χ3v) is 7.57. The summed E-state index contributed by atoms with van der Waals surface area (Å²) in [4.78, 5) is 4.30. The molecule has 0 bridgehead atoms. The van der Waals surface area contributed by atoms with Crippen LogP contribution in [0.1, 0.15) is 17.0 Å². The molecule has 9 nitrogen and oxygen atoms in total. The van der Waals surface area contributed by atoms with Crippen LogP contribution in [0, 0.1) is 0 Å². The van der Waals surface area contributed by atoms with Crippen molar-refractivity contribution in [2.75, 3.05) is 39.1 Å². The van der Waals surface area contributed by atoms with E-state index >= 15 is 0 Å². The van der Waals surface area contributed by atoms with Crippen LogP contribution >= 0.6 is 23.4 Å². The summed E-state index contributed by atoms with van der Waals surface area (Å²) in [6.45, 7) is 1.45. The molecule has 0 aromatic heterocycles. The molecule has 34 heavy (non-hydrogen) atoms. The molecule has 0 radical (unpaired) electrons. The average Bonchev–Trinajstić information content (AvgIpc) is 3.30. The molecule has 2 aromatic rings. The number of ether oxygens (including phenoxy) is 1. The lowest BCUT2D eigenvalue weighted by Crippen LogP contribution is -2.40. The molecule has 180 valence electrons. The zero-order valence-electron chi connectivity index (χ0n) is 18.5. The highest BCUT2D eigenvalue weighted by molar-refractivity contribution is 8.13. The molecular formula is C22H25ClN6O3S2. The summed E-state index contributed by atoms with van der Waals surface area (Å²) in [5, 5.41) is 7.06. The maximum absolute atomic E-state index is 13.0. The first kappa shape index (κ1) is 24.7. The van der Waals surface area contributed by atoms with Crippen LogP contribution in [0.3, 0.4) is 0 Å². The van der Waals surface area contributed by atoms with Crippen LogP contribution in [0.25, 0.3) is 0 Å². The molecule has 2 aliphatic heterocycles. The fourth-order valence-corrected chi connectivity index (χ4v) is 5.03. The molecule has 1 unspecified atom stereocenters. The predicted molar refractivity (Wildman–Crippen MR) is 138 cm³/mol. The first-order chi connectivity index (χ1) is 16.4. The number of hydrogen-bond acceptors (Lipinski definition) is 5. The minimum atomic E-state index is -4.00. The Bertz CT molecular complexity index is 1200. The van der Waals surface area contributed by atoms with E-state index in [1.165, 1.54) is 21.1 Å². The van der Waals surface area contributed by atoms with E-state index in [1.54, 1.807) is 18.4 Å². The Balaban J connectivity index is 1.76. The first-order valence-corrected chi connectivity index (χ1v) is 13.6. The third-order valence-electron chi connectivity index (χ3n) is 5.40.